The van der Waals surface area contributed by atoms with Crippen molar-refractivity contribution in [2.75, 3.05) is 26.0 Å². The molecule has 1 atom stereocenters. The van der Waals surface area contributed by atoms with Gasteiger partial charge >= 0.3 is 6.03 Å². The molecule has 2 N–H and O–H groups in total. The zero-order valence-corrected chi connectivity index (χ0v) is 11.9. The van der Waals surface area contributed by atoms with Gasteiger partial charge in [-0.3, -0.25) is 0 Å². The normalized spacial score (nSPS) is 20.3. The zero-order chi connectivity index (χ0) is 12.7. The second kappa shape index (κ2) is 7.11. The maximum Gasteiger partial charge on any atom is 0.314 e. The predicted molar refractivity (Wildman–Crippen MR) is 72.6 cm³/mol. The van der Waals surface area contributed by atoms with E-state index in [1.807, 2.05) is 0 Å². The highest BCUT2D eigenvalue weighted by atomic mass is 32.2. The van der Waals surface area contributed by atoms with Gasteiger partial charge in [0.05, 0.1) is 6.10 Å². The number of hydrogen-bond donors (Lipinski definition) is 2. The molecule has 4 nitrogen and oxygen atoms in total. The van der Waals surface area contributed by atoms with Crippen LogP contribution in [0.5, 0.6) is 0 Å². The number of ether oxygens (including phenoxy) is 1. The van der Waals surface area contributed by atoms with Gasteiger partial charge in [0.2, 0.25) is 0 Å². The van der Waals surface area contributed by atoms with Crippen molar-refractivity contribution < 1.29 is 9.53 Å². The Balaban J connectivity index is 2.04. The minimum atomic E-state index is -0.0786. The molecule has 0 aromatic carbocycles. The van der Waals surface area contributed by atoms with Crippen LogP contribution in [0, 0.1) is 0 Å². The summed E-state index contributed by atoms with van der Waals surface area (Å²) in [4.78, 5) is 11.5. The molecule has 1 aliphatic rings. The minimum absolute atomic E-state index is 0.0786. The van der Waals surface area contributed by atoms with Crippen LogP contribution in [0.15, 0.2) is 0 Å². The summed E-state index contributed by atoms with van der Waals surface area (Å²) in [7, 11) is 0. The first kappa shape index (κ1) is 14.6. The molecule has 0 spiro atoms. The van der Waals surface area contributed by atoms with E-state index in [4.69, 9.17) is 4.74 Å². The van der Waals surface area contributed by atoms with Crippen molar-refractivity contribution in [1.82, 2.24) is 10.6 Å². The van der Waals surface area contributed by atoms with Crippen molar-refractivity contribution >= 4 is 17.8 Å². The van der Waals surface area contributed by atoms with Crippen LogP contribution in [-0.2, 0) is 4.74 Å². The summed E-state index contributed by atoms with van der Waals surface area (Å²) in [5.74, 6) is 0. The highest BCUT2D eigenvalue weighted by molar-refractivity contribution is 7.99. The quantitative estimate of drug-likeness (QED) is 0.768. The molecule has 0 radical (unpaired) electrons. The number of rotatable bonds is 6. The highest BCUT2D eigenvalue weighted by Gasteiger charge is 2.17. The first-order valence-corrected chi connectivity index (χ1v) is 7.44. The molecule has 1 rings (SSSR count). The maximum absolute atomic E-state index is 11.5. The second-order valence-corrected chi connectivity index (χ2v) is 6.51. The summed E-state index contributed by atoms with van der Waals surface area (Å²) in [5, 5.41) is 5.75. The van der Waals surface area contributed by atoms with E-state index < -0.39 is 0 Å². The monoisotopic (exact) mass is 260 g/mol. The zero-order valence-electron chi connectivity index (χ0n) is 11.0. The summed E-state index contributed by atoms with van der Waals surface area (Å²) < 4.78 is 5.58. The Hall–Kier alpha value is -0.420. The first-order chi connectivity index (χ1) is 8.03. The third-order valence-electron chi connectivity index (χ3n) is 3.00. The molecule has 5 heteroatoms. The molecule has 100 valence electrons. The Labute approximate surface area is 108 Å². The molecule has 1 aliphatic heterocycles. The van der Waals surface area contributed by atoms with Gasteiger partial charge in [0, 0.05) is 24.4 Å². The summed E-state index contributed by atoms with van der Waals surface area (Å²) in [6.07, 6.45) is 5.59. The largest absolute Gasteiger partial charge is 0.378 e. The lowest BCUT2D eigenvalue weighted by Crippen LogP contribution is -2.42. The van der Waals surface area contributed by atoms with E-state index in [1.165, 1.54) is 0 Å². The van der Waals surface area contributed by atoms with Crippen LogP contribution in [0.25, 0.3) is 0 Å². The summed E-state index contributed by atoms with van der Waals surface area (Å²) in [6, 6.07) is -0.0786. The number of hydrogen-bond acceptors (Lipinski definition) is 3. The molecule has 1 fully saturated rings. The van der Waals surface area contributed by atoms with Crippen molar-refractivity contribution in [2.24, 2.45) is 0 Å². The highest BCUT2D eigenvalue weighted by Crippen LogP contribution is 2.19. The molecule has 1 saturated heterocycles. The van der Waals surface area contributed by atoms with Gasteiger partial charge in [-0.1, -0.05) is 0 Å². The molecular formula is C12H24N2O2S. The van der Waals surface area contributed by atoms with E-state index in [9.17, 15) is 4.79 Å². The Morgan fingerprint density at radius 3 is 2.82 bits per heavy atom. The molecule has 0 saturated carbocycles. The van der Waals surface area contributed by atoms with Crippen molar-refractivity contribution in [2.45, 2.75) is 44.0 Å². The topological polar surface area (TPSA) is 50.4 Å². The molecular weight excluding hydrogens is 236 g/mol. The predicted octanol–water partition coefficient (Wildman–Crippen LogP) is 2.00. The van der Waals surface area contributed by atoms with Crippen molar-refractivity contribution in [1.29, 1.82) is 0 Å². The molecule has 17 heavy (non-hydrogen) atoms. The molecule has 0 aromatic heterocycles. The van der Waals surface area contributed by atoms with Crippen molar-refractivity contribution in [3.63, 3.8) is 0 Å². The molecule has 2 amide bonds. The van der Waals surface area contributed by atoms with Crippen LogP contribution >= 0.6 is 11.8 Å². The third-order valence-corrected chi connectivity index (χ3v) is 4.25. The molecule has 0 aliphatic carbocycles. The lowest BCUT2D eigenvalue weighted by atomic mass is 10.2. The molecule has 0 aromatic rings. The van der Waals surface area contributed by atoms with Crippen molar-refractivity contribution in [3.05, 3.63) is 0 Å². The lowest BCUT2D eigenvalue weighted by molar-refractivity contribution is 0.104. The van der Waals surface area contributed by atoms with Gasteiger partial charge in [-0.2, -0.15) is 11.8 Å². The fourth-order valence-electron chi connectivity index (χ4n) is 1.65. The summed E-state index contributed by atoms with van der Waals surface area (Å²) >= 11 is 1.75. The summed E-state index contributed by atoms with van der Waals surface area (Å²) in [6.45, 7) is 6.48. The van der Waals surface area contributed by atoms with Crippen LogP contribution in [0.2, 0.25) is 0 Å². The van der Waals surface area contributed by atoms with Gasteiger partial charge in [0.25, 0.3) is 0 Å². The van der Waals surface area contributed by atoms with Gasteiger partial charge < -0.3 is 15.4 Å². The number of urea groups is 1. The van der Waals surface area contributed by atoms with E-state index >= 15 is 0 Å². The lowest BCUT2D eigenvalue weighted by Gasteiger charge is -2.22. The smallest absolute Gasteiger partial charge is 0.314 e. The van der Waals surface area contributed by atoms with Gasteiger partial charge in [-0.25, -0.2) is 4.79 Å². The van der Waals surface area contributed by atoms with Crippen LogP contribution in [0.1, 0.15) is 33.1 Å². The minimum Gasteiger partial charge on any atom is -0.378 e. The maximum atomic E-state index is 11.5. The van der Waals surface area contributed by atoms with E-state index in [2.05, 4.69) is 30.7 Å². The van der Waals surface area contributed by atoms with Crippen LogP contribution in [0.4, 0.5) is 4.79 Å². The fourth-order valence-corrected chi connectivity index (χ4v) is 1.86. The Morgan fingerprint density at radius 1 is 1.47 bits per heavy atom. The number of carbonyl (C=O) groups excluding carboxylic acids is 1. The van der Waals surface area contributed by atoms with Gasteiger partial charge in [0.1, 0.15) is 0 Å². The van der Waals surface area contributed by atoms with Crippen LogP contribution in [-0.4, -0.2) is 42.8 Å². The number of carbonyl (C=O) groups is 1. The van der Waals surface area contributed by atoms with E-state index in [1.54, 1.807) is 11.8 Å². The Kier molecular flexibility index (Phi) is 6.12. The number of amides is 2. The fraction of sp³-hybridized carbons (Fsp3) is 0.917. The van der Waals surface area contributed by atoms with Crippen LogP contribution < -0.4 is 10.6 Å². The average Bonchev–Trinajstić information content (AvgIpc) is 2.80. The number of thioether (sulfide) groups is 1. The molecule has 0 unspecified atom stereocenters. The first-order valence-electron chi connectivity index (χ1n) is 6.22. The SMILES string of the molecule is CSC(C)(C)CNC(=O)NCC[C@H]1CCCO1. The van der Waals surface area contributed by atoms with Gasteiger partial charge in [0.15, 0.2) is 0 Å². The Bertz CT molecular complexity index is 241. The molecule has 1 heterocycles. The number of nitrogens with one attached hydrogen (secondary N) is 2. The standard InChI is InChI=1S/C12H24N2O2S/c1-12(2,17-3)9-14-11(15)13-7-6-10-5-4-8-16-10/h10H,4-9H2,1-3H3,(H2,13,14,15)/t10-/m1/s1. The van der Waals surface area contributed by atoms with Gasteiger partial charge in [-0.05, 0) is 39.4 Å². The summed E-state index contributed by atoms with van der Waals surface area (Å²) in [5.41, 5.74) is 0. The average molecular weight is 260 g/mol. The van der Waals surface area contributed by atoms with Crippen LogP contribution in [0.3, 0.4) is 0 Å². The molecule has 0 bridgehead atoms. The second-order valence-electron chi connectivity index (χ2n) is 5.00. The van der Waals surface area contributed by atoms with E-state index in [0.29, 0.717) is 19.2 Å². The Morgan fingerprint density at radius 2 is 2.24 bits per heavy atom. The van der Waals surface area contributed by atoms with Gasteiger partial charge in [-0.15, -0.1) is 0 Å². The van der Waals surface area contributed by atoms with E-state index in [-0.39, 0.29) is 10.8 Å². The van der Waals surface area contributed by atoms with Crippen molar-refractivity contribution in [3.8, 4) is 0 Å². The third kappa shape index (κ3) is 6.17. The van der Waals surface area contributed by atoms with E-state index in [0.717, 1.165) is 25.9 Å².